The Morgan fingerprint density at radius 3 is 2.37 bits per heavy atom. The quantitative estimate of drug-likeness (QED) is 0.212. The number of nitrogens with zero attached hydrogens (tertiary/aromatic N) is 1. The van der Waals surface area contributed by atoms with Crippen molar-refractivity contribution >= 4 is 75.4 Å². The van der Waals surface area contributed by atoms with Gasteiger partial charge >= 0.3 is 6.03 Å². The number of urea groups is 1. The predicted molar refractivity (Wildman–Crippen MR) is 142 cm³/mol. The summed E-state index contributed by atoms with van der Waals surface area (Å²) in [6, 6.07) is 16.2. The molecule has 4 amide bonds. The van der Waals surface area contributed by atoms with Crippen LogP contribution in [-0.4, -0.2) is 25.0 Å². The molecule has 4 rings (SSSR count). The zero-order valence-corrected chi connectivity index (χ0v) is 21.8. The lowest BCUT2D eigenvalue weighted by molar-refractivity contribution is -0.122. The molecule has 0 aromatic heterocycles. The van der Waals surface area contributed by atoms with Gasteiger partial charge in [0.25, 0.3) is 11.8 Å². The average Bonchev–Trinajstić information content (AvgIpc) is 2.83. The molecule has 178 valence electrons. The van der Waals surface area contributed by atoms with Gasteiger partial charge in [0.1, 0.15) is 12.2 Å². The molecule has 0 atom stereocenters. The summed E-state index contributed by atoms with van der Waals surface area (Å²) in [4.78, 5) is 38.9. The topological polar surface area (TPSA) is 84.9 Å². The van der Waals surface area contributed by atoms with Crippen molar-refractivity contribution in [3.63, 3.8) is 0 Å². The second-order valence-corrected chi connectivity index (χ2v) is 9.30. The Bertz CT molecular complexity index is 1380. The first kappa shape index (κ1) is 25.0. The van der Waals surface area contributed by atoms with Gasteiger partial charge in [-0.05, 0) is 64.6 Å². The highest BCUT2D eigenvalue weighted by atomic mass is 127. The van der Waals surface area contributed by atoms with Crippen LogP contribution >= 0.6 is 45.8 Å². The number of hydrogen-bond donors (Lipinski definition) is 1. The lowest BCUT2D eigenvalue weighted by atomic mass is 10.1. The molecule has 1 saturated heterocycles. The Labute approximate surface area is 224 Å². The van der Waals surface area contributed by atoms with Crippen molar-refractivity contribution in [1.82, 2.24) is 5.32 Å². The van der Waals surface area contributed by atoms with Gasteiger partial charge in [0.2, 0.25) is 0 Å². The number of amides is 4. The maximum Gasteiger partial charge on any atom is 0.335 e. The van der Waals surface area contributed by atoms with Gasteiger partial charge < -0.3 is 9.47 Å². The van der Waals surface area contributed by atoms with E-state index in [-0.39, 0.29) is 22.9 Å². The van der Waals surface area contributed by atoms with Crippen LogP contribution in [-0.2, 0) is 16.2 Å². The monoisotopic (exact) mass is 622 g/mol. The molecule has 0 unspecified atom stereocenters. The van der Waals surface area contributed by atoms with Crippen LogP contribution in [0.15, 0.2) is 66.2 Å². The molecule has 1 heterocycles. The highest BCUT2D eigenvalue weighted by molar-refractivity contribution is 14.1. The van der Waals surface area contributed by atoms with Crippen LogP contribution in [0.25, 0.3) is 6.08 Å². The molecule has 3 aromatic carbocycles. The molecule has 1 N–H and O–H groups in total. The molecular formula is C25H17Cl2IN2O5. The molecule has 1 aliphatic rings. The molecule has 0 radical (unpaired) electrons. The van der Waals surface area contributed by atoms with E-state index in [2.05, 4.69) is 27.9 Å². The third-order valence-corrected chi connectivity index (χ3v) is 6.58. The minimum atomic E-state index is -0.874. The van der Waals surface area contributed by atoms with Crippen molar-refractivity contribution in [2.75, 3.05) is 12.0 Å². The maximum absolute atomic E-state index is 13.1. The van der Waals surface area contributed by atoms with Crippen molar-refractivity contribution in [3.8, 4) is 11.5 Å². The summed E-state index contributed by atoms with van der Waals surface area (Å²) >= 11 is 14.5. The van der Waals surface area contributed by atoms with Crippen LogP contribution < -0.4 is 19.7 Å². The number of carbonyl (C=O) groups is 3. The van der Waals surface area contributed by atoms with Gasteiger partial charge in [-0.2, -0.15) is 0 Å². The minimum absolute atomic E-state index is 0.172. The molecule has 0 spiro atoms. The highest BCUT2D eigenvalue weighted by Crippen LogP contribution is 2.36. The number of rotatable bonds is 6. The number of imide groups is 2. The third-order valence-electron chi connectivity index (χ3n) is 5.09. The molecule has 3 aromatic rings. The molecule has 1 aliphatic heterocycles. The van der Waals surface area contributed by atoms with E-state index in [0.29, 0.717) is 25.7 Å². The molecule has 35 heavy (non-hydrogen) atoms. The summed E-state index contributed by atoms with van der Waals surface area (Å²) in [5.74, 6) is -0.711. The lowest BCUT2D eigenvalue weighted by Crippen LogP contribution is -2.54. The van der Waals surface area contributed by atoms with E-state index in [1.165, 1.54) is 19.3 Å². The number of ether oxygens (including phenoxy) is 2. The fraction of sp³-hybridized carbons (Fsp3) is 0.0800. The number of anilines is 1. The molecule has 0 saturated carbocycles. The average molecular weight is 623 g/mol. The number of nitrogens with one attached hydrogen (secondary N) is 1. The Balaban J connectivity index is 1.66. The van der Waals surface area contributed by atoms with E-state index in [1.807, 2.05) is 18.2 Å². The van der Waals surface area contributed by atoms with Crippen molar-refractivity contribution in [1.29, 1.82) is 0 Å². The first-order chi connectivity index (χ1) is 16.8. The smallest absolute Gasteiger partial charge is 0.335 e. The van der Waals surface area contributed by atoms with Gasteiger partial charge in [0.15, 0.2) is 11.5 Å². The molecular weight excluding hydrogens is 606 g/mol. The fourth-order valence-electron chi connectivity index (χ4n) is 3.40. The van der Waals surface area contributed by atoms with Crippen LogP contribution in [0.5, 0.6) is 11.5 Å². The minimum Gasteiger partial charge on any atom is -0.493 e. The second-order valence-electron chi connectivity index (χ2n) is 7.32. The Morgan fingerprint density at radius 1 is 1.00 bits per heavy atom. The van der Waals surface area contributed by atoms with Gasteiger partial charge in [0, 0.05) is 10.6 Å². The van der Waals surface area contributed by atoms with Crippen molar-refractivity contribution in [2.45, 2.75) is 6.61 Å². The van der Waals surface area contributed by atoms with Crippen LogP contribution in [0.1, 0.15) is 11.1 Å². The zero-order valence-electron chi connectivity index (χ0n) is 18.2. The number of benzene rings is 3. The van der Waals surface area contributed by atoms with Gasteiger partial charge in [0.05, 0.1) is 21.4 Å². The summed E-state index contributed by atoms with van der Waals surface area (Å²) in [7, 11) is 1.49. The zero-order chi connectivity index (χ0) is 25.1. The number of methoxy groups -OCH3 is 1. The fourth-order valence-corrected chi connectivity index (χ4v) is 4.60. The molecule has 10 heteroatoms. The van der Waals surface area contributed by atoms with Crippen LogP contribution in [0.3, 0.4) is 0 Å². The standard InChI is InChI=1S/C25H17Cl2IN2O5/c1-34-21-12-14(11-19(28)22(21)35-13-15-6-2-3-7-17(15)26)10-16-23(31)29-25(33)30(24(16)32)20-9-5-4-8-18(20)27/h2-12H,13H2,1H3,(H,29,31,33)/b16-10+. The normalized spacial score (nSPS) is 14.8. The Kier molecular flexibility index (Phi) is 7.63. The largest absolute Gasteiger partial charge is 0.493 e. The van der Waals surface area contributed by atoms with Gasteiger partial charge in [-0.3, -0.25) is 14.9 Å². The van der Waals surface area contributed by atoms with Crippen molar-refractivity contribution in [2.24, 2.45) is 0 Å². The van der Waals surface area contributed by atoms with Crippen LogP contribution in [0, 0.1) is 3.57 Å². The second kappa shape index (κ2) is 10.7. The molecule has 0 aliphatic carbocycles. The summed E-state index contributed by atoms with van der Waals surface area (Å²) in [5.41, 5.74) is 1.26. The van der Waals surface area contributed by atoms with E-state index >= 15 is 0 Å². The van der Waals surface area contributed by atoms with Crippen molar-refractivity contribution < 1.29 is 23.9 Å². The number of para-hydroxylation sites is 1. The molecule has 1 fully saturated rings. The van der Waals surface area contributed by atoms with E-state index in [1.54, 1.807) is 36.4 Å². The lowest BCUT2D eigenvalue weighted by Gasteiger charge is -2.27. The van der Waals surface area contributed by atoms with Gasteiger partial charge in [-0.25, -0.2) is 9.69 Å². The number of halogens is 3. The van der Waals surface area contributed by atoms with Crippen molar-refractivity contribution in [3.05, 3.63) is 91.0 Å². The van der Waals surface area contributed by atoms with Gasteiger partial charge in [-0.1, -0.05) is 53.5 Å². The first-order valence-corrected chi connectivity index (χ1v) is 12.0. The summed E-state index contributed by atoms with van der Waals surface area (Å²) in [5, 5.41) is 2.96. The van der Waals surface area contributed by atoms with Crippen LogP contribution in [0.2, 0.25) is 10.0 Å². The van der Waals surface area contributed by atoms with Crippen LogP contribution in [0.4, 0.5) is 10.5 Å². The SMILES string of the molecule is COc1cc(/C=C2\C(=O)NC(=O)N(c3ccccc3Cl)C2=O)cc(I)c1OCc1ccccc1Cl. The van der Waals surface area contributed by atoms with Gasteiger partial charge in [-0.15, -0.1) is 0 Å². The predicted octanol–water partition coefficient (Wildman–Crippen LogP) is 5.85. The molecule has 7 nitrogen and oxygen atoms in total. The maximum atomic E-state index is 13.1. The first-order valence-electron chi connectivity index (χ1n) is 10.2. The van der Waals surface area contributed by atoms with E-state index in [0.717, 1.165) is 10.5 Å². The van der Waals surface area contributed by atoms with E-state index in [9.17, 15) is 14.4 Å². The van der Waals surface area contributed by atoms with E-state index in [4.69, 9.17) is 32.7 Å². The molecule has 0 bridgehead atoms. The summed E-state index contributed by atoms with van der Waals surface area (Å²) in [6.45, 7) is 0.224. The number of carbonyl (C=O) groups excluding carboxylic acids is 3. The summed E-state index contributed by atoms with van der Waals surface area (Å²) in [6.07, 6.45) is 1.39. The third kappa shape index (κ3) is 5.29. The summed E-state index contributed by atoms with van der Waals surface area (Å²) < 4.78 is 12.1. The highest BCUT2D eigenvalue weighted by Gasteiger charge is 2.37. The number of barbiturate groups is 1. The van der Waals surface area contributed by atoms with E-state index < -0.39 is 17.8 Å². The Hall–Kier alpha value is -3.08. The Morgan fingerprint density at radius 2 is 1.69 bits per heavy atom. The number of hydrogen-bond acceptors (Lipinski definition) is 5.